The van der Waals surface area contributed by atoms with Gasteiger partial charge in [0.2, 0.25) is 6.49 Å². The van der Waals surface area contributed by atoms with E-state index in [2.05, 4.69) is 11.8 Å². The minimum Gasteiger partial charge on any atom is -0.540 e. The molecule has 0 amide bonds. The molecule has 0 rings (SSSR count). The van der Waals surface area contributed by atoms with Crippen LogP contribution in [0.3, 0.4) is 0 Å². The zero-order chi connectivity index (χ0) is 6.08. The molecule has 0 bridgehead atoms. The summed E-state index contributed by atoms with van der Waals surface area (Å²) in [7, 11) is 0. The van der Waals surface area contributed by atoms with Gasteiger partial charge in [0.05, 0.1) is 0 Å². The second-order valence-electron chi connectivity index (χ2n) is 0.810. The molecule has 0 aliphatic heterocycles. The minimum absolute atomic E-state index is 0. The van der Waals surface area contributed by atoms with Crippen LogP contribution in [0.15, 0.2) is 0 Å². The Morgan fingerprint density at radius 1 is 1.62 bits per heavy atom. The third kappa shape index (κ3) is 5.18. The van der Waals surface area contributed by atoms with Crippen LogP contribution in [-0.4, -0.2) is 15.5 Å². The molecule has 0 spiro atoms. The number of carboxylic acid groups (broad SMARTS) is 1. The van der Waals surface area contributed by atoms with Crippen LogP contribution < -0.4 is 34.7 Å². The molecule has 7 heteroatoms. The van der Waals surface area contributed by atoms with Crippen LogP contribution in [-0.2, 0) is 11.8 Å². The summed E-state index contributed by atoms with van der Waals surface area (Å²) in [5.74, 6) is 0. The average molecular weight is 164 g/mol. The van der Waals surface area contributed by atoms with Crippen molar-refractivity contribution in [2.75, 3.05) is 0 Å². The quantitative estimate of drug-likeness (QED) is 0.302. The Balaban J connectivity index is 0. The Morgan fingerprint density at radius 2 is 1.75 bits per heavy atom. The van der Waals surface area contributed by atoms with Gasteiger partial charge in [-0.05, 0) is 11.8 Å². The summed E-state index contributed by atoms with van der Waals surface area (Å²) >= 11 is 3.67. The molecule has 0 aromatic rings. The van der Waals surface area contributed by atoms with Crippen molar-refractivity contribution in [1.29, 1.82) is 0 Å². The van der Waals surface area contributed by atoms with Crippen LogP contribution in [0.5, 0.6) is 0 Å². The Bertz CT molecular complexity index is 128. The molecule has 0 radical (unpaired) electrons. The Kier molecular flexibility index (Phi) is 5.83. The van der Waals surface area contributed by atoms with Crippen molar-refractivity contribution < 1.29 is 49.2 Å². The van der Waals surface area contributed by atoms with Crippen LogP contribution in [0.4, 0.5) is 4.79 Å². The van der Waals surface area contributed by atoms with Crippen molar-refractivity contribution in [2.24, 2.45) is 0 Å². The maximum atomic E-state index is 9.35. The minimum atomic E-state index is -4.10. The number of carbonyl (C=O) groups excluding carboxylic acids is 1. The standard InChI is InChI=1S/CH3O4PS.Na/c2-1(3)6(4,5)7;/h(H,2,3)(H2,4,5,7);/q;+1/p-1. The molecule has 0 heterocycles. The fraction of sp³-hybridized carbons (Fsp3) is 0. The molecule has 42 valence electrons. The zero-order valence-corrected chi connectivity index (χ0v) is 7.78. The van der Waals surface area contributed by atoms with E-state index >= 15 is 0 Å². The van der Waals surface area contributed by atoms with Crippen LogP contribution >= 0.6 is 6.49 Å². The van der Waals surface area contributed by atoms with Gasteiger partial charge in [0, 0.05) is 0 Å². The summed E-state index contributed by atoms with van der Waals surface area (Å²) < 4.78 is 0. The van der Waals surface area contributed by atoms with E-state index in [-0.39, 0.29) is 29.6 Å². The first-order valence-corrected chi connectivity index (χ1v) is 3.92. The molecule has 0 aliphatic carbocycles. The second-order valence-corrected chi connectivity index (χ2v) is 3.79. The smallest absolute Gasteiger partial charge is 0.540 e. The molecule has 0 saturated heterocycles. The van der Waals surface area contributed by atoms with E-state index in [9.17, 15) is 9.90 Å². The van der Waals surface area contributed by atoms with Crippen LogP contribution in [0.2, 0.25) is 0 Å². The first kappa shape index (κ1) is 11.8. The van der Waals surface area contributed by atoms with Gasteiger partial charge in [0.15, 0.2) is 0 Å². The van der Waals surface area contributed by atoms with E-state index in [4.69, 9.17) is 9.79 Å². The topological polar surface area (TPSA) is 80.6 Å². The molecular weight excluding hydrogens is 162 g/mol. The molecule has 0 aromatic heterocycles. The van der Waals surface area contributed by atoms with Crippen molar-refractivity contribution in [2.45, 2.75) is 0 Å². The Labute approximate surface area is 73.0 Å². The summed E-state index contributed by atoms with van der Waals surface area (Å²) in [5.41, 5.74) is -1.97. The summed E-state index contributed by atoms with van der Waals surface area (Å²) in [5, 5.41) is 9.35. The van der Waals surface area contributed by atoms with Crippen LogP contribution in [0.1, 0.15) is 0 Å². The van der Waals surface area contributed by atoms with Crippen molar-refractivity contribution in [3.63, 3.8) is 0 Å². The maximum Gasteiger partial charge on any atom is 1.00 e. The SMILES string of the molecule is O=C([O-])P(O)(O)=S.[Na+]. The molecule has 0 aromatic carbocycles. The van der Waals surface area contributed by atoms with Crippen molar-refractivity contribution in [3.05, 3.63) is 0 Å². The van der Waals surface area contributed by atoms with Gasteiger partial charge in [-0.3, -0.25) is 0 Å². The summed E-state index contributed by atoms with van der Waals surface area (Å²) in [6.07, 6.45) is 0. The summed E-state index contributed by atoms with van der Waals surface area (Å²) in [4.78, 5) is 25.2. The molecule has 8 heavy (non-hydrogen) atoms. The zero-order valence-electron chi connectivity index (χ0n) is 4.07. The molecule has 0 saturated carbocycles. The van der Waals surface area contributed by atoms with Gasteiger partial charge in [-0.25, -0.2) is 0 Å². The number of hydrogen-bond acceptors (Lipinski definition) is 3. The molecule has 0 fully saturated rings. The summed E-state index contributed by atoms with van der Waals surface area (Å²) in [6, 6.07) is 0. The molecule has 0 atom stereocenters. The van der Waals surface area contributed by atoms with Crippen molar-refractivity contribution >= 4 is 24.0 Å². The molecule has 0 unspecified atom stereocenters. The van der Waals surface area contributed by atoms with E-state index in [0.29, 0.717) is 0 Å². The number of carbonyl (C=O) groups is 1. The largest absolute Gasteiger partial charge is 1.00 e. The van der Waals surface area contributed by atoms with Gasteiger partial charge in [-0.15, -0.1) is 0 Å². The van der Waals surface area contributed by atoms with E-state index in [1.54, 1.807) is 0 Å². The fourth-order valence-electron chi connectivity index (χ4n) is 0. The van der Waals surface area contributed by atoms with E-state index < -0.39 is 12.2 Å². The molecule has 2 N–H and O–H groups in total. The fourth-order valence-corrected chi connectivity index (χ4v) is 0. The van der Waals surface area contributed by atoms with Gasteiger partial charge in [-0.2, -0.15) is 0 Å². The number of hydrogen-bond donors (Lipinski definition) is 2. The van der Waals surface area contributed by atoms with Crippen molar-refractivity contribution in [1.82, 2.24) is 0 Å². The first-order valence-electron chi connectivity index (χ1n) is 1.21. The van der Waals surface area contributed by atoms with E-state index in [1.165, 1.54) is 0 Å². The predicted octanol–water partition coefficient (Wildman–Crippen LogP) is -4.37. The monoisotopic (exact) mass is 164 g/mol. The van der Waals surface area contributed by atoms with Crippen LogP contribution in [0.25, 0.3) is 0 Å². The van der Waals surface area contributed by atoms with Gasteiger partial charge >= 0.3 is 29.6 Å². The molecule has 0 aliphatic rings. The van der Waals surface area contributed by atoms with Gasteiger partial charge < -0.3 is 19.7 Å². The third-order valence-electron chi connectivity index (χ3n) is 0.238. The van der Waals surface area contributed by atoms with E-state index in [0.717, 1.165) is 0 Å². The van der Waals surface area contributed by atoms with E-state index in [1.807, 2.05) is 0 Å². The molecular formula is CH2NaO4PS. The van der Waals surface area contributed by atoms with Crippen molar-refractivity contribution in [3.8, 4) is 0 Å². The molecule has 4 nitrogen and oxygen atoms in total. The first-order chi connectivity index (χ1) is 2.94. The predicted molar refractivity (Wildman–Crippen MR) is 24.1 cm³/mol. The normalized spacial score (nSPS) is 9.75. The second kappa shape index (κ2) is 3.95. The Morgan fingerprint density at radius 3 is 1.75 bits per heavy atom. The van der Waals surface area contributed by atoms with Gasteiger partial charge in [0.25, 0.3) is 0 Å². The summed E-state index contributed by atoms with van der Waals surface area (Å²) in [6.45, 7) is -4.10. The van der Waals surface area contributed by atoms with Crippen LogP contribution in [0, 0.1) is 0 Å². The number of rotatable bonds is 1. The maximum absolute atomic E-state index is 9.35. The average Bonchev–Trinajstić information content (AvgIpc) is 1.31. The Hall–Kier alpha value is 1.04. The van der Waals surface area contributed by atoms with Gasteiger partial charge in [0.1, 0.15) is 5.71 Å². The third-order valence-corrected chi connectivity index (χ3v) is 1.16. The van der Waals surface area contributed by atoms with Gasteiger partial charge in [-0.1, -0.05) is 0 Å².